The van der Waals surface area contributed by atoms with E-state index in [2.05, 4.69) is 10.4 Å². The number of anilines is 1. The summed E-state index contributed by atoms with van der Waals surface area (Å²) < 4.78 is 1.41. The second kappa shape index (κ2) is 7.34. The number of nitrogens with zero attached hydrogens (tertiary/aromatic N) is 4. The largest absolute Gasteiger partial charge is 0.337 e. The molecule has 2 heterocycles. The molecular weight excluding hydrogens is 338 g/mol. The van der Waals surface area contributed by atoms with Gasteiger partial charge in [0.2, 0.25) is 0 Å². The van der Waals surface area contributed by atoms with Crippen LogP contribution in [0.2, 0.25) is 0 Å². The number of nitrogens with one attached hydrogen (secondary N) is 1. The molecule has 0 radical (unpaired) electrons. The lowest BCUT2D eigenvalue weighted by molar-refractivity contribution is -0.385. The minimum absolute atomic E-state index is 0.0716. The van der Waals surface area contributed by atoms with Gasteiger partial charge in [0.25, 0.3) is 17.5 Å². The van der Waals surface area contributed by atoms with Crippen molar-refractivity contribution in [1.29, 1.82) is 0 Å². The number of amides is 2. The molecule has 0 atom stereocenters. The molecule has 1 saturated heterocycles. The lowest BCUT2D eigenvalue weighted by Gasteiger charge is -2.27. The van der Waals surface area contributed by atoms with E-state index in [1.165, 1.54) is 29.1 Å². The monoisotopic (exact) mass is 357 g/mol. The lowest BCUT2D eigenvalue weighted by atomic mass is 10.1. The van der Waals surface area contributed by atoms with Gasteiger partial charge >= 0.3 is 0 Å². The molecule has 136 valence electrons. The van der Waals surface area contributed by atoms with Crippen molar-refractivity contribution in [2.24, 2.45) is 7.05 Å². The summed E-state index contributed by atoms with van der Waals surface area (Å²) in [6, 6.07) is 5.67. The maximum atomic E-state index is 12.8. The van der Waals surface area contributed by atoms with Crippen molar-refractivity contribution in [1.82, 2.24) is 14.7 Å². The molecule has 0 spiro atoms. The van der Waals surface area contributed by atoms with Gasteiger partial charge in [-0.1, -0.05) is 12.1 Å². The van der Waals surface area contributed by atoms with Crippen LogP contribution in [0.1, 0.15) is 40.1 Å². The summed E-state index contributed by atoms with van der Waals surface area (Å²) in [5.74, 6) is -0.861. The number of likely N-dealkylation sites (tertiary alicyclic amines) is 1. The van der Waals surface area contributed by atoms with Crippen molar-refractivity contribution in [3.05, 3.63) is 51.8 Å². The average Bonchev–Trinajstić information content (AvgIpc) is 3.01. The Labute approximate surface area is 149 Å². The fourth-order valence-electron chi connectivity index (χ4n) is 3.04. The summed E-state index contributed by atoms with van der Waals surface area (Å²) in [7, 11) is 1.62. The quantitative estimate of drug-likeness (QED) is 0.666. The number of hydrogen-bond acceptors (Lipinski definition) is 5. The number of nitro benzene ring substituents is 1. The molecule has 2 aromatic rings. The SMILES string of the molecule is Cn1ncc(NC(=O)c2ccccc2[N+](=O)[O-])c1C(=O)N1CCCCC1. The van der Waals surface area contributed by atoms with Crippen LogP contribution in [-0.2, 0) is 7.05 Å². The molecule has 0 saturated carbocycles. The molecule has 9 nitrogen and oxygen atoms in total. The van der Waals surface area contributed by atoms with E-state index >= 15 is 0 Å². The standard InChI is InChI=1S/C17H19N5O4/c1-20-15(17(24)21-9-5-2-6-10-21)13(11-18-20)19-16(23)12-7-3-4-8-14(12)22(25)26/h3-4,7-8,11H,2,5-6,9-10H2,1H3,(H,19,23). The van der Waals surface area contributed by atoms with Crippen LogP contribution in [0.3, 0.4) is 0 Å². The number of rotatable bonds is 4. The molecule has 1 fully saturated rings. The van der Waals surface area contributed by atoms with E-state index in [-0.39, 0.29) is 28.5 Å². The first-order chi connectivity index (χ1) is 12.5. The Hall–Kier alpha value is -3.23. The highest BCUT2D eigenvalue weighted by Crippen LogP contribution is 2.23. The first-order valence-corrected chi connectivity index (χ1v) is 8.35. The van der Waals surface area contributed by atoms with E-state index in [1.54, 1.807) is 18.0 Å². The molecule has 26 heavy (non-hydrogen) atoms. The molecule has 0 unspecified atom stereocenters. The molecular formula is C17H19N5O4. The second-order valence-electron chi connectivity index (χ2n) is 6.11. The topological polar surface area (TPSA) is 110 Å². The third-order valence-corrected chi connectivity index (χ3v) is 4.38. The van der Waals surface area contributed by atoms with Crippen molar-refractivity contribution in [2.75, 3.05) is 18.4 Å². The van der Waals surface area contributed by atoms with Crippen LogP contribution in [-0.4, -0.2) is 44.5 Å². The zero-order chi connectivity index (χ0) is 18.7. The molecule has 0 aliphatic carbocycles. The first-order valence-electron chi connectivity index (χ1n) is 8.35. The maximum Gasteiger partial charge on any atom is 0.282 e. The van der Waals surface area contributed by atoms with Crippen LogP contribution >= 0.6 is 0 Å². The highest BCUT2D eigenvalue weighted by Gasteiger charge is 2.26. The normalized spacial score (nSPS) is 14.1. The van der Waals surface area contributed by atoms with Gasteiger partial charge in [-0.05, 0) is 25.3 Å². The van der Waals surface area contributed by atoms with Gasteiger partial charge in [0, 0.05) is 26.2 Å². The van der Waals surface area contributed by atoms with Crippen LogP contribution < -0.4 is 5.32 Å². The molecule has 1 aliphatic heterocycles. The van der Waals surface area contributed by atoms with Crippen molar-refractivity contribution in [2.45, 2.75) is 19.3 Å². The summed E-state index contributed by atoms with van der Waals surface area (Å²) in [4.78, 5) is 37.6. The molecule has 3 rings (SSSR count). The van der Waals surface area contributed by atoms with E-state index < -0.39 is 10.8 Å². The van der Waals surface area contributed by atoms with Crippen molar-refractivity contribution in [3.8, 4) is 0 Å². The van der Waals surface area contributed by atoms with Gasteiger partial charge in [0.1, 0.15) is 11.3 Å². The van der Waals surface area contributed by atoms with E-state index in [4.69, 9.17) is 0 Å². The van der Waals surface area contributed by atoms with Gasteiger partial charge in [0.05, 0.1) is 16.8 Å². The Morgan fingerprint density at radius 1 is 1.19 bits per heavy atom. The Balaban J connectivity index is 1.86. The number of benzene rings is 1. The van der Waals surface area contributed by atoms with Gasteiger partial charge in [-0.25, -0.2) is 0 Å². The van der Waals surface area contributed by atoms with Gasteiger partial charge in [0.15, 0.2) is 0 Å². The smallest absolute Gasteiger partial charge is 0.282 e. The van der Waals surface area contributed by atoms with Crippen molar-refractivity contribution in [3.63, 3.8) is 0 Å². The zero-order valence-corrected chi connectivity index (χ0v) is 14.3. The Kier molecular flexibility index (Phi) is 4.97. The first kappa shape index (κ1) is 17.6. The Morgan fingerprint density at radius 2 is 1.88 bits per heavy atom. The van der Waals surface area contributed by atoms with E-state index in [0.29, 0.717) is 13.1 Å². The van der Waals surface area contributed by atoms with Crippen LogP contribution in [0, 0.1) is 10.1 Å². The average molecular weight is 357 g/mol. The van der Waals surface area contributed by atoms with Gasteiger partial charge in [-0.2, -0.15) is 5.10 Å². The Morgan fingerprint density at radius 3 is 2.58 bits per heavy atom. The van der Waals surface area contributed by atoms with Crippen molar-refractivity contribution < 1.29 is 14.5 Å². The van der Waals surface area contributed by atoms with Crippen LogP contribution in [0.5, 0.6) is 0 Å². The third-order valence-electron chi connectivity index (χ3n) is 4.38. The minimum Gasteiger partial charge on any atom is -0.337 e. The van der Waals surface area contributed by atoms with Crippen molar-refractivity contribution >= 4 is 23.2 Å². The summed E-state index contributed by atoms with van der Waals surface area (Å²) in [6.45, 7) is 1.34. The fourth-order valence-corrected chi connectivity index (χ4v) is 3.04. The third kappa shape index (κ3) is 3.41. The number of aromatic nitrogens is 2. The Bertz CT molecular complexity index is 855. The van der Waals surface area contributed by atoms with Gasteiger partial charge < -0.3 is 10.2 Å². The molecule has 1 aromatic carbocycles. The van der Waals surface area contributed by atoms with Crippen LogP contribution in [0.15, 0.2) is 30.5 Å². The van der Waals surface area contributed by atoms with E-state index in [9.17, 15) is 19.7 Å². The number of aryl methyl sites for hydroxylation is 1. The second-order valence-corrected chi connectivity index (χ2v) is 6.11. The van der Waals surface area contributed by atoms with Crippen LogP contribution in [0.25, 0.3) is 0 Å². The summed E-state index contributed by atoms with van der Waals surface area (Å²) in [5.41, 5.74) is 0.139. The molecule has 1 N–H and O–H groups in total. The molecule has 1 aromatic heterocycles. The highest BCUT2D eigenvalue weighted by molar-refractivity contribution is 6.10. The fraction of sp³-hybridized carbons (Fsp3) is 0.353. The van der Waals surface area contributed by atoms with E-state index in [1.807, 2.05) is 0 Å². The van der Waals surface area contributed by atoms with E-state index in [0.717, 1.165) is 19.3 Å². The number of nitro groups is 1. The minimum atomic E-state index is -0.655. The maximum absolute atomic E-state index is 12.8. The lowest BCUT2D eigenvalue weighted by Crippen LogP contribution is -2.37. The van der Waals surface area contributed by atoms with Gasteiger partial charge in [-0.3, -0.25) is 24.4 Å². The number of carbonyl (C=O) groups excluding carboxylic acids is 2. The summed E-state index contributed by atoms with van der Waals surface area (Å²) in [6.07, 6.45) is 4.36. The number of carbonyl (C=O) groups is 2. The molecule has 1 aliphatic rings. The molecule has 2 amide bonds. The summed E-state index contributed by atoms with van der Waals surface area (Å²) in [5, 5.41) is 17.8. The summed E-state index contributed by atoms with van der Waals surface area (Å²) >= 11 is 0. The van der Waals surface area contributed by atoms with Gasteiger partial charge in [-0.15, -0.1) is 0 Å². The highest BCUT2D eigenvalue weighted by atomic mass is 16.6. The predicted octanol–water partition coefficient (Wildman–Crippen LogP) is 2.21. The zero-order valence-electron chi connectivity index (χ0n) is 14.3. The van der Waals surface area contributed by atoms with Crippen LogP contribution in [0.4, 0.5) is 11.4 Å². The molecule has 9 heteroatoms. The number of para-hydroxylation sites is 1. The molecule has 0 bridgehead atoms. The predicted molar refractivity (Wildman–Crippen MR) is 94.0 cm³/mol. The number of hydrogen-bond donors (Lipinski definition) is 1. The number of piperidine rings is 1.